The molecule has 0 bridgehead atoms. The summed E-state index contributed by atoms with van der Waals surface area (Å²) in [6.07, 6.45) is 3.46. The molecule has 0 radical (unpaired) electrons. The average molecular weight is 366 g/mol. The third-order valence-corrected chi connectivity index (χ3v) is 3.43. The summed E-state index contributed by atoms with van der Waals surface area (Å²) < 4.78 is 0.684. The molecule has 0 aliphatic carbocycles. The van der Waals surface area contributed by atoms with Crippen molar-refractivity contribution in [3.05, 3.63) is 69.5 Å². The molecule has 0 unspecified atom stereocenters. The van der Waals surface area contributed by atoms with E-state index in [2.05, 4.69) is 20.9 Å². The molecule has 0 N–H and O–H groups in total. The van der Waals surface area contributed by atoms with Crippen LogP contribution in [0.4, 0.5) is 0 Å². The Balaban J connectivity index is 2.49. The first kappa shape index (κ1) is 15.7. The van der Waals surface area contributed by atoms with Crippen molar-refractivity contribution in [2.24, 2.45) is 0 Å². The van der Waals surface area contributed by atoms with Gasteiger partial charge in [0.25, 0.3) is 0 Å². The highest BCUT2D eigenvalue weighted by atomic mass is 79.9. The molecular weight excluding hydrogens is 352 g/mol. The number of carbonyl (C=O) groups is 1. The first-order chi connectivity index (χ1) is 9.97. The molecule has 21 heavy (non-hydrogen) atoms. The number of benzene rings is 1. The van der Waals surface area contributed by atoms with Gasteiger partial charge in [-0.2, -0.15) is 0 Å². The van der Waals surface area contributed by atoms with Gasteiger partial charge >= 0.3 is 0 Å². The monoisotopic (exact) mass is 364 g/mol. The van der Waals surface area contributed by atoms with E-state index in [4.69, 9.17) is 11.6 Å². The standard InChI is InChI=1S/C16H14BrClN2O/c1-20(2)10-14(11-6-7-19-15(17)9-11)16(21)12-4-3-5-13(18)8-12/h3-10H,1-2H3. The molecule has 0 saturated heterocycles. The van der Waals surface area contributed by atoms with Crippen molar-refractivity contribution in [3.63, 3.8) is 0 Å². The van der Waals surface area contributed by atoms with E-state index in [-0.39, 0.29) is 5.78 Å². The van der Waals surface area contributed by atoms with Gasteiger partial charge in [-0.3, -0.25) is 4.79 Å². The first-order valence-electron chi connectivity index (χ1n) is 6.28. The van der Waals surface area contributed by atoms with Gasteiger partial charge in [0.2, 0.25) is 0 Å². The molecule has 3 nitrogen and oxygen atoms in total. The van der Waals surface area contributed by atoms with Crippen LogP contribution in [0.5, 0.6) is 0 Å². The second-order valence-corrected chi connectivity index (χ2v) is 5.96. The van der Waals surface area contributed by atoms with Crippen molar-refractivity contribution in [3.8, 4) is 0 Å². The van der Waals surface area contributed by atoms with Gasteiger partial charge < -0.3 is 4.90 Å². The second kappa shape index (κ2) is 6.87. The second-order valence-electron chi connectivity index (χ2n) is 4.71. The molecular formula is C16H14BrClN2O. The zero-order valence-corrected chi connectivity index (χ0v) is 14.0. The van der Waals surface area contributed by atoms with E-state index in [1.807, 2.05) is 31.1 Å². The normalized spacial score (nSPS) is 11.3. The average Bonchev–Trinajstić information content (AvgIpc) is 2.44. The van der Waals surface area contributed by atoms with Gasteiger partial charge in [0, 0.05) is 42.7 Å². The van der Waals surface area contributed by atoms with Crippen LogP contribution in [0, 0.1) is 0 Å². The van der Waals surface area contributed by atoms with Crippen LogP contribution in [-0.2, 0) is 0 Å². The van der Waals surface area contributed by atoms with E-state index in [9.17, 15) is 4.79 Å². The molecule has 0 spiro atoms. The third kappa shape index (κ3) is 4.16. The fourth-order valence-electron chi connectivity index (χ4n) is 1.88. The maximum absolute atomic E-state index is 12.8. The molecule has 108 valence electrons. The van der Waals surface area contributed by atoms with Crippen LogP contribution < -0.4 is 0 Å². The van der Waals surface area contributed by atoms with Crippen molar-refractivity contribution in [2.75, 3.05) is 14.1 Å². The Morgan fingerprint density at radius 2 is 2.00 bits per heavy atom. The summed E-state index contributed by atoms with van der Waals surface area (Å²) >= 11 is 9.30. The van der Waals surface area contributed by atoms with Crippen LogP contribution in [0.15, 0.2) is 53.4 Å². The van der Waals surface area contributed by atoms with Gasteiger partial charge in [-0.1, -0.05) is 23.7 Å². The zero-order valence-electron chi connectivity index (χ0n) is 11.7. The Bertz CT molecular complexity index is 698. The summed E-state index contributed by atoms with van der Waals surface area (Å²) in [5.74, 6) is -0.0794. The highest BCUT2D eigenvalue weighted by Crippen LogP contribution is 2.23. The highest BCUT2D eigenvalue weighted by molar-refractivity contribution is 9.10. The molecule has 1 heterocycles. The molecule has 0 aliphatic rings. The maximum Gasteiger partial charge on any atom is 0.195 e. The summed E-state index contributed by atoms with van der Waals surface area (Å²) in [4.78, 5) is 18.7. The lowest BCUT2D eigenvalue weighted by molar-refractivity contribution is 0.105. The van der Waals surface area contributed by atoms with Gasteiger partial charge in [0.15, 0.2) is 5.78 Å². The number of ketones is 1. The van der Waals surface area contributed by atoms with E-state index in [1.54, 1.807) is 36.7 Å². The van der Waals surface area contributed by atoms with Crippen LogP contribution in [0.2, 0.25) is 5.02 Å². The van der Waals surface area contributed by atoms with E-state index < -0.39 is 0 Å². The smallest absolute Gasteiger partial charge is 0.195 e. The van der Waals surface area contributed by atoms with Gasteiger partial charge in [-0.05, 0) is 45.8 Å². The van der Waals surface area contributed by atoms with Crippen LogP contribution in [0.1, 0.15) is 15.9 Å². The van der Waals surface area contributed by atoms with Gasteiger partial charge in [0.05, 0.1) is 0 Å². The summed E-state index contributed by atoms with van der Waals surface area (Å²) in [5, 5.41) is 0.543. The van der Waals surface area contributed by atoms with Crippen LogP contribution >= 0.6 is 27.5 Å². The molecule has 2 rings (SSSR count). The van der Waals surface area contributed by atoms with Crippen LogP contribution in [0.3, 0.4) is 0 Å². The number of nitrogens with zero attached hydrogens (tertiary/aromatic N) is 2. The number of rotatable bonds is 4. The minimum atomic E-state index is -0.0794. The van der Waals surface area contributed by atoms with E-state index in [0.717, 1.165) is 5.56 Å². The number of halogens is 2. The van der Waals surface area contributed by atoms with Gasteiger partial charge in [0.1, 0.15) is 4.60 Å². The van der Waals surface area contributed by atoms with Crippen molar-refractivity contribution in [1.82, 2.24) is 9.88 Å². The number of hydrogen-bond acceptors (Lipinski definition) is 3. The Kier molecular flexibility index (Phi) is 5.15. The van der Waals surface area contributed by atoms with Crippen LogP contribution in [-0.4, -0.2) is 29.8 Å². The molecule has 5 heteroatoms. The molecule has 0 saturated carbocycles. The van der Waals surface area contributed by atoms with Gasteiger partial charge in [-0.25, -0.2) is 4.98 Å². The lowest BCUT2D eigenvalue weighted by Gasteiger charge is -2.12. The lowest BCUT2D eigenvalue weighted by atomic mass is 9.98. The minimum Gasteiger partial charge on any atom is -0.383 e. The van der Waals surface area contributed by atoms with E-state index in [0.29, 0.717) is 20.8 Å². The Morgan fingerprint density at radius 3 is 2.62 bits per heavy atom. The SMILES string of the molecule is CN(C)C=C(C(=O)c1cccc(Cl)c1)c1ccnc(Br)c1. The van der Waals surface area contributed by atoms with E-state index >= 15 is 0 Å². The quantitative estimate of drug-likeness (QED) is 0.460. The Labute approximate surface area is 137 Å². The van der Waals surface area contributed by atoms with Crippen molar-refractivity contribution >= 4 is 38.9 Å². The first-order valence-corrected chi connectivity index (χ1v) is 7.45. The largest absolute Gasteiger partial charge is 0.383 e. The summed E-state index contributed by atoms with van der Waals surface area (Å²) in [7, 11) is 3.75. The topological polar surface area (TPSA) is 33.2 Å². The van der Waals surface area contributed by atoms with Gasteiger partial charge in [-0.15, -0.1) is 0 Å². The summed E-state index contributed by atoms with van der Waals surface area (Å²) in [6.45, 7) is 0. The summed E-state index contributed by atoms with van der Waals surface area (Å²) in [6, 6.07) is 10.6. The maximum atomic E-state index is 12.8. The summed E-state index contributed by atoms with van der Waals surface area (Å²) in [5.41, 5.74) is 1.95. The molecule has 2 aromatic rings. The number of allylic oxidation sites excluding steroid dienone is 1. The number of carbonyl (C=O) groups excluding carboxylic acids is 1. The predicted molar refractivity (Wildman–Crippen MR) is 89.4 cm³/mol. The Hall–Kier alpha value is -1.65. The Morgan fingerprint density at radius 1 is 1.24 bits per heavy atom. The molecule has 1 aromatic carbocycles. The molecule has 0 atom stereocenters. The minimum absolute atomic E-state index is 0.0794. The third-order valence-electron chi connectivity index (χ3n) is 2.76. The zero-order chi connectivity index (χ0) is 15.4. The lowest BCUT2D eigenvalue weighted by Crippen LogP contribution is -2.09. The fraction of sp³-hybridized carbons (Fsp3) is 0.125. The highest BCUT2D eigenvalue weighted by Gasteiger charge is 2.15. The fourth-order valence-corrected chi connectivity index (χ4v) is 2.43. The van der Waals surface area contributed by atoms with E-state index in [1.165, 1.54) is 0 Å². The van der Waals surface area contributed by atoms with Crippen molar-refractivity contribution < 1.29 is 4.79 Å². The molecule has 0 amide bonds. The van der Waals surface area contributed by atoms with Crippen molar-refractivity contribution in [2.45, 2.75) is 0 Å². The molecule has 1 aromatic heterocycles. The van der Waals surface area contributed by atoms with Crippen LogP contribution in [0.25, 0.3) is 5.57 Å². The van der Waals surface area contributed by atoms with Crippen molar-refractivity contribution in [1.29, 1.82) is 0 Å². The number of pyridine rings is 1. The number of aromatic nitrogens is 1. The molecule has 0 fully saturated rings. The molecule has 0 aliphatic heterocycles. The number of Topliss-reactive ketones (excluding diaryl/α,β-unsaturated/α-hetero) is 1. The predicted octanol–water partition coefficient (Wildman–Crippen LogP) is 4.28. The number of hydrogen-bond donors (Lipinski definition) is 0.